The van der Waals surface area contributed by atoms with Crippen molar-refractivity contribution in [2.24, 2.45) is 5.41 Å². The van der Waals surface area contributed by atoms with Crippen LogP contribution in [-0.4, -0.2) is 12.4 Å². The van der Waals surface area contributed by atoms with Crippen molar-refractivity contribution in [2.75, 3.05) is 11.9 Å². The second-order valence-corrected chi connectivity index (χ2v) is 9.52. The van der Waals surface area contributed by atoms with E-state index in [1.807, 2.05) is 31.2 Å². The van der Waals surface area contributed by atoms with Crippen LogP contribution >= 0.6 is 11.6 Å². The van der Waals surface area contributed by atoms with Gasteiger partial charge >= 0.3 is 0 Å². The molecule has 2 fully saturated rings. The van der Waals surface area contributed by atoms with Crippen LogP contribution in [0.25, 0.3) is 0 Å². The smallest absolute Gasteiger partial charge is 0.213 e. The van der Waals surface area contributed by atoms with Gasteiger partial charge in [-0.25, -0.2) is 4.39 Å². The van der Waals surface area contributed by atoms with Gasteiger partial charge in [-0.3, -0.25) is 0 Å². The SMILES string of the molecule is Cc1cc(F)cc2c1O[C@@]1(C[C@H]2Nc2ccc(Cl)cc2)CC2(CCCCC2)CO1. The predicted molar refractivity (Wildman–Crippen MR) is 113 cm³/mol. The largest absolute Gasteiger partial charge is 0.462 e. The number of aryl methyl sites for hydroxylation is 1. The number of hydrogen-bond donors (Lipinski definition) is 1. The Morgan fingerprint density at radius 3 is 2.62 bits per heavy atom. The molecule has 0 unspecified atom stereocenters. The minimum Gasteiger partial charge on any atom is -0.462 e. The van der Waals surface area contributed by atoms with Gasteiger partial charge in [0.2, 0.25) is 5.79 Å². The Hall–Kier alpha value is -1.78. The third-order valence-electron chi connectivity index (χ3n) is 6.83. The molecule has 2 aromatic carbocycles. The Morgan fingerprint density at radius 1 is 1.10 bits per heavy atom. The summed E-state index contributed by atoms with van der Waals surface area (Å²) in [5.74, 6) is -0.117. The van der Waals surface area contributed by atoms with Crippen molar-refractivity contribution in [2.45, 2.75) is 63.7 Å². The Morgan fingerprint density at radius 2 is 1.86 bits per heavy atom. The molecule has 3 nitrogen and oxygen atoms in total. The second-order valence-electron chi connectivity index (χ2n) is 9.09. The Kier molecular flexibility index (Phi) is 4.75. The fourth-order valence-corrected chi connectivity index (χ4v) is 5.58. The zero-order valence-corrected chi connectivity index (χ0v) is 17.5. The summed E-state index contributed by atoms with van der Waals surface area (Å²) in [4.78, 5) is 0. The van der Waals surface area contributed by atoms with Gasteiger partial charge in [-0.15, -0.1) is 0 Å². The standard InChI is InChI=1S/C24H27ClFNO2/c1-16-11-18(26)12-20-21(27-19-7-5-17(25)6-8-19)13-24(29-22(16)20)14-23(15-28-24)9-3-2-4-10-23/h5-8,11-12,21,27H,2-4,9-10,13-15H2,1H3/t21-,24+/m1/s1. The fraction of sp³-hybridized carbons (Fsp3) is 0.500. The van der Waals surface area contributed by atoms with Crippen LogP contribution < -0.4 is 10.1 Å². The Bertz CT molecular complexity index is 910. The highest BCUT2D eigenvalue weighted by molar-refractivity contribution is 6.30. The second kappa shape index (κ2) is 7.17. The van der Waals surface area contributed by atoms with Crippen molar-refractivity contribution in [1.82, 2.24) is 0 Å². The maximum Gasteiger partial charge on any atom is 0.213 e. The lowest BCUT2D eigenvalue weighted by atomic mass is 9.71. The number of hydrogen-bond acceptors (Lipinski definition) is 3. The van der Waals surface area contributed by atoms with Crippen molar-refractivity contribution in [1.29, 1.82) is 0 Å². The first kappa shape index (κ1) is 19.2. The van der Waals surface area contributed by atoms with Crippen molar-refractivity contribution in [3.05, 3.63) is 58.4 Å². The lowest BCUT2D eigenvalue weighted by molar-refractivity contribution is -0.164. The molecular weight excluding hydrogens is 389 g/mol. The molecule has 1 saturated heterocycles. The fourth-order valence-electron chi connectivity index (χ4n) is 5.46. The van der Waals surface area contributed by atoms with E-state index in [1.54, 1.807) is 12.1 Å². The molecule has 0 aromatic heterocycles. The first-order valence-electron chi connectivity index (χ1n) is 10.6. The highest BCUT2D eigenvalue weighted by Gasteiger charge is 2.54. The third kappa shape index (κ3) is 3.62. The van der Waals surface area contributed by atoms with E-state index in [1.165, 1.54) is 32.1 Å². The predicted octanol–water partition coefficient (Wildman–Crippen LogP) is 6.79. The van der Waals surface area contributed by atoms with Gasteiger partial charge in [-0.2, -0.15) is 0 Å². The highest BCUT2D eigenvalue weighted by atomic mass is 35.5. The van der Waals surface area contributed by atoms with Gasteiger partial charge in [0.1, 0.15) is 11.6 Å². The van der Waals surface area contributed by atoms with E-state index in [0.29, 0.717) is 11.4 Å². The number of nitrogens with one attached hydrogen (secondary N) is 1. The molecule has 2 atom stereocenters. The summed E-state index contributed by atoms with van der Waals surface area (Å²) in [5.41, 5.74) is 2.86. The molecule has 5 rings (SSSR count). The molecule has 154 valence electrons. The number of fused-ring (bicyclic) bond motifs is 1. The Balaban J connectivity index is 1.49. The molecule has 2 spiro atoms. The summed E-state index contributed by atoms with van der Waals surface area (Å²) in [6.07, 6.45) is 7.85. The number of rotatable bonds is 2. The quantitative estimate of drug-likeness (QED) is 0.585. The molecule has 0 radical (unpaired) electrons. The maximum atomic E-state index is 14.2. The van der Waals surface area contributed by atoms with Crippen LogP contribution in [0.1, 0.15) is 62.1 Å². The van der Waals surface area contributed by atoms with Crippen LogP contribution in [-0.2, 0) is 4.74 Å². The zero-order valence-electron chi connectivity index (χ0n) is 16.8. The first-order chi connectivity index (χ1) is 14.0. The third-order valence-corrected chi connectivity index (χ3v) is 7.08. The molecule has 1 aliphatic carbocycles. The highest BCUT2D eigenvalue weighted by Crippen LogP contribution is 2.55. The van der Waals surface area contributed by atoms with E-state index in [-0.39, 0.29) is 17.3 Å². The molecule has 3 aliphatic rings. The topological polar surface area (TPSA) is 30.5 Å². The normalized spacial score (nSPS) is 27.6. The summed E-state index contributed by atoms with van der Waals surface area (Å²) in [6.45, 7) is 2.67. The maximum absolute atomic E-state index is 14.2. The van der Waals surface area contributed by atoms with Gasteiger partial charge in [0, 0.05) is 34.5 Å². The molecule has 29 heavy (non-hydrogen) atoms. The minimum atomic E-state index is -0.642. The summed E-state index contributed by atoms with van der Waals surface area (Å²) in [5, 5.41) is 4.27. The van der Waals surface area contributed by atoms with Gasteiger partial charge in [0.05, 0.1) is 12.6 Å². The van der Waals surface area contributed by atoms with Crippen molar-refractivity contribution in [3.63, 3.8) is 0 Å². The Labute approximate surface area is 176 Å². The minimum absolute atomic E-state index is 0.0898. The van der Waals surface area contributed by atoms with E-state index < -0.39 is 5.79 Å². The van der Waals surface area contributed by atoms with Gasteiger partial charge in [-0.05, 0) is 61.7 Å². The number of ether oxygens (including phenoxy) is 2. The van der Waals surface area contributed by atoms with E-state index in [4.69, 9.17) is 21.1 Å². The monoisotopic (exact) mass is 415 g/mol. The molecule has 2 aliphatic heterocycles. The molecule has 1 saturated carbocycles. The van der Waals surface area contributed by atoms with Gasteiger partial charge < -0.3 is 14.8 Å². The lowest BCUT2D eigenvalue weighted by Gasteiger charge is -2.41. The molecule has 1 N–H and O–H groups in total. The van der Waals surface area contributed by atoms with Crippen molar-refractivity contribution in [3.8, 4) is 5.75 Å². The summed E-state index contributed by atoms with van der Waals surface area (Å²) in [6, 6.07) is 10.7. The van der Waals surface area contributed by atoms with Crippen LogP contribution in [0.3, 0.4) is 0 Å². The van der Waals surface area contributed by atoms with Crippen LogP contribution in [0.2, 0.25) is 5.02 Å². The summed E-state index contributed by atoms with van der Waals surface area (Å²) in [7, 11) is 0. The molecular formula is C24H27ClFNO2. The van der Waals surface area contributed by atoms with E-state index in [2.05, 4.69) is 5.32 Å². The van der Waals surface area contributed by atoms with Gasteiger partial charge in [0.25, 0.3) is 0 Å². The average Bonchev–Trinajstić information content (AvgIpc) is 3.02. The summed E-state index contributed by atoms with van der Waals surface area (Å²) >= 11 is 6.04. The van der Waals surface area contributed by atoms with Gasteiger partial charge in [-0.1, -0.05) is 30.9 Å². The molecule has 0 bridgehead atoms. The summed E-state index contributed by atoms with van der Waals surface area (Å²) < 4.78 is 27.2. The molecule has 0 amide bonds. The zero-order chi connectivity index (χ0) is 20.1. The van der Waals surface area contributed by atoms with Crippen molar-refractivity contribution >= 4 is 17.3 Å². The van der Waals surface area contributed by atoms with Crippen LogP contribution in [0.4, 0.5) is 10.1 Å². The first-order valence-corrected chi connectivity index (χ1v) is 11.0. The van der Waals surface area contributed by atoms with Crippen LogP contribution in [0.5, 0.6) is 5.75 Å². The van der Waals surface area contributed by atoms with Gasteiger partial charge in [0.15, 0.2) is 0 Å². The lowest BCUT2D eigenvalue weighted by Crippen LogP contribution is -2.43. The number of halogens is 2. The molecule has 2 heterocycles. The van der Waals surface area contributed by atoms with E-state index in [0.717, 1.165) is 35.6 Å². The van der Waals surface area contributed by atoms with E-state index >= 15 is 0 Å². The van der Waals surface area contributed by atoms with E-state index in [9.17, 15) is 4.39 Å². The number of benzene rings is 2. The molecule has 2 aromatic rings. The molecule has 5 heteroatoms. The van der Waals surface area contributed by atoms with Crippen LogP contribution in [0, 0.1) is 18.2 Å². The van der Waals surface area contributed by atoms with Crippen molar-refractivity contribution < 1.29 is 13.9 Å². The average molecular weight is 416 g/mol. The van der Waals surface area contributed by atoms with Crippen LogP contribution in [0.15, 0.2) is 36.4 Å². The number of anilines is 1.